The van der Waals surface area contributed by atoms with Gasteiger partial charge in [-0.05, 0) is 74.4 Å². The van der Waals surface area contributed by atoms with Gasteiger partial charge in [-0.1, -0.05) is 54.4 Å². The van der Waals surface area contributed by atoms with Crippen LogP contribution in [-0.4, -0.2) is 50.9 Å². The lowest BCUT2D eigenvalue weighted by molar-refractivity contribution is -0.139. The molecule has 0 aliphatic rings. The zero-order valence-electron chi connectivity index (χ0n) is 22.6. The van der Waals surface area contributed by atoms with Crippen LogP contribution >= 0.6 is 23.2 Å². The lowest BCUT2D eigenvalue weighted by Crippen LogP contribution is -2.51. The number of hydrogen-bond acceptors (Lipinski definition) is 5. The number of sulfonamides is 1. The highest BCUT2D eigenvalue weighted by Crippen LogP contribution is 2.27. The molecule has 8 nitrogen and oxygen atoms in total. The molecule has 0 radical (unpaired) electrons. The molecule has 3 aromatic carbocycles. The second-order valence-electron chi connectivity index (χ2n) is 8.99. The molecule has 0 unspecified atom stereocenters. The van der Waals surface area contributed by atoms with Gasteiger partial charge in [0.15, 0.2) is 0 Å². The van der Waals surface area contributed by atoms with E-state index in [2.05, 4.69) is 5.32 Å². The van der Waals surface area contributed by atoms with E-state index >= 15 is 0 Å². The average molecular weight is 607 g/mol. The SMILES string of the molecule is CCCNC(=O)[C@@H](C)N(Cc1ccc(Cl)c(Cl)c1)C(=O)CN(c1ccc(OCC)cc1)S(=O)(=O)c1ccccc1. The third-order valence-corrected chi connectivity index (χ3v) is 8.63. The summed E-state index contributed by atoms with van der Waals surface area (Å²) in [5.41, 5.74) is 0.912. The highest BCUT2D eigenvalue weighted by atomic mass is 35.5. The van der Waals surface area contributed by atoms with Gasteiger partial charge in [-0.15, -0.1) is 0 Å². The Hall–Kier alpha value is -3.27. The number of nitrogens with zero attached hydrogens (tertiary/aromatic N) is 2. The van der Waals surface area contributed by atoms with Crippen LogP contribution in [0.2, 0.25) is 10.0 Å². The van der Waals surface area contributed by atoms with Crippen molar-refractivity contribution in [3.8, 4) is 5.75 Å². The van der Waals surface area contributed by atoms with Crippen molar-refractivity contribution in [3.63, 3.8) is 0 Å². The Morgan fingerprint density at radius 1 is 0.950 bits per heavy atom. The number of nitrogens with one attached hydrogen (secondary N) is 1. The predicted molar refractivity (Wildman–Crippen MR) is 158 cm³/mol. The van der Waals surface area contributed by atoms with Crippen LogP contribution in [0.5, 0.6) is 5.75 Å². The molecule has 11 heteroatoms. The largest absolute Gasteiger partial charge is 0.494 e. The first-order valence-electron chi connectivity index (χ1n) is 12.9. The first-order valence-corrected chi connectivity index (χ1v) is 15.1. The molecular weight excluding hydrogens is 573 g/mol. The maximum atomic E-state index is 13.9. The van der Waals surface area contributed by atoms with E-state index in [1.54, 1.807) is 67.6 Å². The van der Waals surface area contributed by atoms with Gasteiger partial charge in [0.2, 0.25) is 11.8 Å². The Morgan fingerprint density at radius 3 is 2.23 bits per heavy atom. The summed E-state index contributed by atoms with van der Waals surface area (Å²) in [5.74, 6) is -0.357. The summed E-state index contributed by atoms with van der Waals surface area (Å²) < 4.78 is 34.1. The first-order chi connectivity index (χ1) is 19.1. The fourth-order valence-electron chi connectivity index (χ4n) is 3.94. The molecule has 40 heavy (non-hydrogen) atoms. The van der Waals surface area contributed by atoms with Crippen LogP contribution in [0.4, 0.5) is 5.69 Å². The van der Waals surface area contributed by atoms with Crippen LogP contribution in [0.3, 0.4) is 0 Å². The summed E-state index contributed by atoms with van der Waals surface area (Å²) in [6, 6.07) is 18.4. The van der Waals surface area contributed by atoms with Crippen molar-refractivity contribution in [3.05, 3.63) is 88.4 Å². The molecule has 0 fully saturated rings. The Bertz CT molecular complexity index is 1400. The summed E-state index contributed by atoms with van der Waals surface area (Å²) in [6.45, 7) is 5.74. The summed E-state index contributed by atoms with van der Waals surface area (Å²) in [7, 11) is -4.15. The molecule has 0 saturated heterocycles. The van der Waals surface area contributed by atoms with Crippen LogP contribution in [0.1, 0.15) is 32.8 Å². The molecule has 1 N–H and O–H groups in total. The number of benzene rings is 3. The number of carbonyl (C=O) groups is 2. The van der Waals surface area contributed by atoms with Crippen molar-refractivity contribution in [2.45, 2.75) is 44.7 Å². The van der Waals surface area contributed by atoms with Gasteiger partial charge in [0, 0.05) is 13.1 Å². The molecule has 0 heterocycles. The molecule has 1 atom stereocenters. The van der Waals surface area contributed by atoms with Gasteiger partial charge >= 0.3 is 0 Å². The summed E-state index contributed by atoms with van der Waals surface area (Å²) in [6.07, 6.45) is 0.722. The molecule has 0 bridgehead atoms. The van der Waals surface area contributed by atoms with Gasteiger partial charge in [0.1, 0.15) is 18.3 Å². The fraction of sp³-hybridized carbons (Fsp3) is 0.310. The van der Waals surface area contributed by atoms with E-state index in [-0.39, 0.29) is 23.0 Å². The molecule has 0 saturated carbocycles. The number of rotatable bonds is 13. The lowest BCUT2D eigenvalue weighted by Gasteiger charge is -2.32. The van der Waals surface area contributed by atoms with Crippen molar-refractivity contribution >= 4 is 50.7 Å². The standard InChI is InChI=1S/C29H33Cl2N3O5S/c1-4-17-32-29(36)21(3)33(19-22-11-16-26(30)27(31)18-22)28(35)20-34(23-12-14-24(15-13-23)39-5-2)40(37,38)25-9-7-6-8-10-25/h6-16,18,21H,4-5,17,19-20H2,1-3H3,(H,32,36)/t21-/m1/s1. The van der Waals surface area contributed by atoms with Crippen LogP contribution in [0, 0.1) is 0 Å². The van der Waals surface area contributed by atoms with Crippen molar-refractivity contribution in [1.82, 2.24) is 10.2 Å². The van der Waals surface area contributed by atoms with Crippen LogP contribution in [0.25, 0.3) is 0 Å². The number of amides is 2. The van der Waals surface area contributed by atoms with E-state index < -0.39 is 28.5 Å². The van der Waals surface area contributed by atoms with Gasteiger partial charge in [0.05, 0.1) is 27.2 Å². The first kappa shape index (κ1) is 31.3. The summed E-state index contributed by atoms with van der Waals surface area (Å²) in [5, 5.41) is 3.46. The van der Waals surface area contributed by atoms with Crippen molar-refractivity contribution < 1.29 is 22.7 Å². The van der Waals surface area contributed by atoms with E-state index in [1.807, 2.05) is 13.8 Å². The van der Waals surface area contributed by atoms with Crippen molar-refractivity contribution in [1.29, 1.82) is 0 Å². The predicted octanol–water partition coefficient (Wildman–Crippen LogP) is 5.53. The second-order valence-corrected chi connectivity index (χ2v) is 11.7. The number of halogens is 2. The lowest BCUT2D eigenvalue weighted by atomic mass is 10.1. The average Bonchev–Trinajstić information content (AvgIpc) is 2.95. The molecule has 0 aliphatic carbocycles. The van der Waals surface area contributed by atoms with Gasteiger partial charge in [-0.2, -0.15) is 0 Å². The minimum Gasteiger partial charge on any atom is -0.494 e. The van der Waals surface area contributed by atoms with Gasteiger partial charge < -0.3 is 15.0 Å². The second kappa shape index (κ2) is 14.4. The smallest absolute Gasteiger partial charge is 0.264 e. The number of carbonyl (C=O) groups excluding carboxylic acids is 2. The highest BCUT2D eigenvalue weighted by molar-refractivity contribution is 7.92. The number of hydrogen-bond donors (Lipinski definition) is 1. The zero-order chi connectivity index (χ0) is 29.3. The van der Waals surface area contributed by atoms with Crippen LogP contribution in [-0.2, 0) is 26.2 Å². The van der Waals surface area contributed by atoms with E-state index in [0.717, 1.165) is 10.7 Å². The fourth-order valence-corrected chi connectivity index (χ4v) is 5.69. The maximum absolute atomic E-state index is 13.9. The van der Waals surface area contributed by atoms with Gasteiger partial charge in [-0.3, -0.25) is 13.9 Å². The van der Waals surface area contributed by atoms with Gasteiger partial charge in [-0.25, -0.2) is 8.42 Å². The highest BCUT2D eigenvalue weighted by Gasteiger charge is 2.32. The minimum atomic E-state index is -4.15. The molecule has 3 aromatic rings. The molecule has 0 aromatic heterocycles. The Labute approximate surface area is 245 Å². The third kappa shape index (κ3) is 7.90. The van der Waals surface area contributed by atoms with Crippen LogP contribution < -0.4 is 14.4 Å². The molecule has 3 rings (SSSR count). The molecule has 0 spiro atoms. The summed E-state index contributed by atoms with van der Waals surface area (Å²) >= 11 is 12.3. The van der Waals surface area contributed by atoms with E-state index in [4.69, 9.17) is 27.9 Å². The molecule has 214 valence electrons. The minimum absolute atomic E-state index is 0.0128. The normalized spacial score (nSPS) is 11.9. The van der Waals surface area contributed by atoms with E-state index in [1.165, 1.54) is 17.0 Å². The maximum Gasteiger partial charge on any atom is 0.264 e. The van der Waals surface area contributed by atoms with Gasteiger partial charge in [0.25, 0.3) is 10.0 Å². The Morgan fingerprint density at radius 2 is 1.62 bits per heavy atom. The Balaban J connectivity index is 2.02. The topological polar surface area (TPSA) is 96.0 Å². The zero-order valence-corrected chi connectivity index (χ0v) is 25.0. The monoisotopic (exact) mass is 605 g/mol. The van der Waals surface area contributed by atoms with E-state index in [0.29, 0.717) is 34.5 Å². The molecular formula is C29H33Cl2N3O5S. The van der Waals surface area contributed by atoms with Crippen molar-refractivity contribution in [2.24, 2.45) is 0 Å². The molecule has 0 aliphatic heterocycles. The van der Waals surface area contributed by atoms with Crippen LogP contribution in [0.15, 0.2) is 77.7 Å². The van der Waals surface area contributed by atoms with Crippen molar-refractivity contribution in [2.75, 3.05) is 24.0 Å². The Kier molecular flexibility index (Phi) is 11.2. The third-order valence-electron chi connectivity index (χ3n) is 6.10. The summed E-state index contributed by atoms with van der Waals surface area (Å²) in [4.78, 5) is 28.2. The number of ether oxygens (including phenoxy) is 1. The van der Waals surface area contributed by atoms with E-state index in [9.17, 15) is 18.0 Å². The molecule has 2 amide bonds. The number of anilines is 1. The quantitative estimate of drug-likeness (QED) is 0.276.